The summed E-state index contributed by atoms with van der Waals surface area (Å²) in [6.07, 6.45) is 4.33. The molecule has 6 heteroatoms. The van der Waals surface area contributed by atoms with Gasteiger partial charge in [-0.25, -0.2) is 0 Å². The van der Waals surface area contributed by atoms with E-state index in [1.165, 1.54) is 11.1 Å². The average molecular weight is 317 g/mol. The number of unbranched alkanes of at least 4 members (excludes halogenated alkanes) is 1. The lowest BCUT2D eigenvalue weighted by Crippen LogP contribution is -2.19. The van der Waals surface area contributed by atoms with E-state index in [0.29, 0.717) is 23.1 Å². The van der Waals surface area contributed by atoms with Gasteiger partial charge in [-0.15, -0.1) is 0 Å². The maximum absolute atomic E-state index is 10.5. The third-order valence-electron chi connectivity index (χ3n) is 3.01. The maximum atomic E-state index is 10.5. The predicted octanol–water partition coefficient (Wildman–Crippen LogP) is 2.70. The van der Waals surface area contributed by atoms with E-state index in [0.717, 1.165) is 32.2 Å². The quantitative estimate of drug-likeness (QED) is 0.394. The monoisotopic (exact) mass is 317 g/mol. The average Bonchev–Trinajstić information content (AvgIpc) is 2.41. The van der Waals surface area contributed by atoms with Crippen molar-refractivity contribution in [3.63, 3.8) is 0 Å². The van der Waals surface area contributed by atoms with Crippen LogP contribution in [0.5, 0.6) is 0 Å². The molecular weight excluding hydrogens is 294 g/mol. The maximum Gasteiger partial charge on any atom is 0.319 e. The van der Waals surface area contributed by atoms with Crippen LogP contribution in [0.4, 0.5) is 0 Å². The minimum Gasteiger partial charge on any atom is -0.316 e. The molecule has 1 aromatic carbocycles. The molecule has 0 aromatic heterocycles. The van der Waals surface area contributed by atoms with E-state index in [9.17, 15) is 8.42 Å². The van der Waals surface area contributed by atoms with Gasteiger partial charge in [0.2, 0.25) is 0 Å². The largest absolute Gasteiger partial charge is 0.319 e. The van der Waals surface area contributed by atoms with Crippen molar-refractivity contribution in [2.24, 2.45) is 0 Å². The van der Waals surface area contributed by atoms with Gasteiger partial charge in [0.15, 0.2) is 0 Å². The van der Waals surface area contributed by atoms with E-state index in [2.05, 4.69) is 36.5 Å². The first kappa shape index (κ1) is 17.5. The number of aryl methyl sites for hydroxylation is 2. The second kappa shape index (κ2) is 9.39. The summed E-state index contributed by atoms with van der Waals surface area (Å²) in [5.41, 5.74) is 2.73. The van der Waals surface area contributed by atoms with Crippen LogP contribution in [0.15, 0.2) is 24.3 Å². The molecule has 0 saturated heterocycles. The van der Waals surface area contributed by atoms with Gasteiger partial charge in [0.25, 0.3) is 0 Å². The van der Waals surface area contributed by atoms with Crippen LogP contribution in [0.3, 0.4) is 0 Å². The third kappa shape index (κ3) is 8.58. The van der Waals surface area contributed by atoms with Crippen molar-refractivity contribution in [3.05, 3.63) is 35.4 Å². The number of nitrogens with one attached hydrogen (secondary N) is 1. The molecule has 0 heterocycles. The Morgan fingerprint density at radius 2 is 1.75 bits per heavy atom. The second-order valence-electron chi connectivity index (χ2n) is 4.63. The highest BCUT2D eigenvalue weighted by molar-refractivity contribution is 8.69. The molecule has 114 valence electrons. The fourth-order valence-corrected chi connectivity index (χ4v) is 3.19. The van der Waals surface area contributed by atoms with E-state index in [1.807, 2.05) is 0 Å². The van der Waals surface area contributed by atoms with Crippen molar-refractivity contribution < 1.29 is 13.0 Å². The van der Waals surface area contributed by atoms with Crippen LogP contribution >= 0.6 is 10.8 Å². The van der Waals surface area contributed by atoms with Gasteiger partial charge in [-0.2, -0.15) is 8.42 Å². The van der Waals surface area contributed by atoms with Crippen LogP contribution in [-0.2, 0) is 22.0 Å². The Morgan fingerprint density at radius 1 is 1.10 bits per heavy atom. The standard InChI is InChI=1S/C14H23NO3S2/c1-2-13-6-8-14(9-7-13)5-3-4-10-15-11-12-19-20(16,17)18/h6-9,15H,2-5,10-12H2,1H3,(H,16,17,18). The Labute approximate surface area is 125 Å². The van der Waals surface area contributed by atoms with Gasteiger partial charge in [-0.1, -0.05) is 31.2 Å². The topological polar surface area (TPSA) is 66.4 Å². The highest BCUT2D eigenvalue weighted by Crippen LogP contribution is 2.09. The van der Waals surface area contributed by atoms with Gasteiger partial charge in [0, 0.05) is 12.3 Å². The van der Waals surface area contributed by atoms with Gasteiger partial charge < -0.3 is 5.32 Å². The van der Waals surface area contributed by atoms with E-state index in [4.69, 9.17) is 4.55 Å². The molecule has 2 N–H and O–H groups in total. The highest BCUT2D eigenvalue weighted by atomic mass is 33.1. The summed E-state index contributed by atoms with van der Waals surface area (Å²) in [7, 11) is -3.32. The molecule has 0 aliphatic carbocycles. The van der Waals surface area contributed by atoms with Crippen molar-refractivity contribution in [2.75, 3.05) is 18.8 Å². The van der Waals surface area contributed by atoms with Crippen molar-refractivity contribution >= 4 is 19.9 Å². The SMILES string of the molecule is CCc1ccc(CCCCNCCSS(=O)(=O)O)cc1. The Morgan fingerprint density at radius 3 is 2.35 bits per heavy atom. The van der Waals surface area contributed by atoms with Crippen LogP contribution < -0.4 is 5.32 Å². The lowest BCUT2D eigenvalue weighted by atomic mass is 10.1. The molecule has 0 fully saturated rings. The number of rotatable bonds is 10. The molecule has 1 aromatic rings. The van der Waals surface area contributed by atoms with Crippen LogP contribution in [0.2, 0.25) is 0 Å². The Bertz CT molecular complexity index is 472. The first-order chi connectivity index (χ1) is 9.51. The van der Waals surface area contributed by atoms with Crippen LogP contribution in [0, 0.1) is 0 Å². The second-order valence-corrected chi connectivity index (χ2v) is 8.10. The summed E-state index contributed by atoms with van der Waals surface area (Å²) in [5, 5.41) is 3.17. The zero-order chi connectivity index (χ0) is 14.8. The molecule has 0 radical (unpaired) electrons. The Balaban J connectivity index is 2.01. The molecule has 0 spiro atoms. The number of hydrogen-bond acceptors (Lipinski definition) is 4. The van der Waals surface area contributed by atoms with E-state index >= 15 is 0 Å². The first-order valence-electron chi connectivity index (χ1n) is 6.91. The summed E-state index contributed by atoms with van der Waals surface area (Å²) in [6, 6.07) is 8.74. The van der Waals surface area contributed by atoms with Crippen molar-refractivity contribution in [1.82, 2.24) is 5.32 Å². The predicted molar refractivity (Wildman–Crippen MR) is 85.6 cm³/mol. The third-order valence-corrected chi connectivity index (χ3v) is 5.07. The van der Waals surface area contributed by atoms with Gasteiger partial charge in [0.1, 0.15) is 0 Å². The molecule has 0 aliphatic heterocycles. The molecule has 4 nitrogen and oxygen atoms in total. The van der Waals surface area contributed by atoms with Crippen LogP contribution in [0.1, 0.15) is 30.9 Å². The molecule has 0 unspecified atom stereocenters. The number of hydrogen-bond donors (Lipinski definition) is 2. The molecule has 0 bridgehead atoms. The van der Waals surface area contributed by atoms with E-state index in [1.54, 1.807) is 0 Å². The van der Waals surface area contributed by atoms with Gasteiger partial charge in [0.05, 0.1) is 0 Å². The van der Waals surface area contributed by atoms with Crippen molar-refractivity contribution in [1.29, 1.82) is 0 Å². The molecular formula is C14H23NO3S2. The summed E-state index contributed by atoms with van der Waals surface area (Å²) < 4.78 is 29.4. The van der Waals surface area contributed by atoms with Crippen molar-refractivity contribution in [2.45, 2.75) is 32.6 Å². The van der Waals surface area contributed by atoms with Gasteiger partial charge in [-0.3, -0.25) is 4.55 Å². The lowest BCUT2D eigenvalue weighted by molar-refractivity contribution is 0.503. The Hall–Kier alpha value is -0.560. The normalized spacial score (nSPS) is 11.7. The van der Waals surface area contributed by atoms with Crippen molar-refractivity contribution in [3.8, 4) is 0 Å². The fraction of sp³-hybridized carbons (Fsp3) is 0.571. The molecule has 0 amide bonds. The van der Waals surface area contributed by atoms with Crippen LogP contribution in [-0.4, -0.2) is 31.8 Å². The molecule has 20 heavy (non-hydrogen) atoms. The zero-order valence-corrected chi connectivity index (χ0v) is 13.5. The summed E-state index contributed by atoms with van der Waals surface area (Å²) in [5.74, 6) is 0.372. The first-order valence-corrected chi connectivity index (χ1v) is 9.86. The minimum absolute atomic E-state index is 0.372. The fourth-order valence-electron chi connectivity index (χ4n) is 1.86. The van der Waals surface area contributed by atoms with Gasteiger partial charge in [-0.05, 0) is 54.1 Å². The van der Waals surface area contributed by atoms with E-state index in [-0.39, 0.29) is 0 Å². The minimum atomic E-state index is -3.89. The highest BCUT2D eigenvalue weighted by Gasteiger charge is 2.03. The number of benzene rings is 1. The van der Waals surface area contributed by atoms with Gasteiger partial charge >= 0.3 is 9.15 Å². The Kier molecular flexibility index (Phi) is 8.21. The molecule has 1 rings (SSSR count). The molecule has 0 atom stereocenters. The van der Waals surface area contributed by atoms with E-state index < -0.39 is 9.15 Å². The smallest absolute Gasteiger partial charge is 0.316 e. The summed E-state index contributed by atoms with van der Waals surface area (Å²) >= 11 is 0. The van der Waals surface area contributed by atoms with Crippen LogP contribution in [0.25, 0.3) is 0 Å². The molecule has 0 aliphatic rings. The summed E-state index contributed by atoms with van der Waals surface area (Å²) in [6.45, 7) is 3.62. The lowest BCUT2D eigenvalue weighted by Gasteiger charge is -2.05. The molecule has 0 saturated carbocycles. The zero-order valence-electron chi connectivity index (χ0n) is 11.8. The summed E-state index contributed by atoms with van der Waals surface area (Å²) in [4.78, 5) is 0.